The summed E-state index contributed by atoms with van der Waals surface area (Å²) >= 11 is 6.40. The molecular weight excluding hydrogens is 314 g/mol. The number of alkyl halides is 2. The highest BCUT2D eigenvalue weighted by Crippen LogP contribution is 2.42. The standard InChI is InChI=1S/C15H21ClF2N2O2/c1-21-12-4-3-10(14(16)15(12)22-2)11(9-13(17)18)20-7-5-19-6-8-20/h3-4,11,13,19H,5-9H2,1-2H3/t11-/m0/s1. The van der Waals surface area contributed by atoms with Gasteiger partial charge in [0.05, 0.1) is 19.2 Å². The van der Waals surface area contributed by atoms with Gasteiger partial charge in [-0.2, -0.15) is 0 Å². The number of hydrogen-bond donors (Lipinski definition) is 1. The number of hydrogen-bond acceptors (Lipinski definition) is 4. The van der Waals surface area contributed by atoms with Crippen LogP contribution in [0.25, 0.3) is 0 Å². The Morgan fingerprint density at radius 3 is 2.45 bits per heavy atom. The molecule has 0 aromatic heterocycles. The van der Waals surface area contributed by atoms with Gasteiger partial charge in [0.2, 0.25) is 6.43 Å². The van der Waals surface area contributed by atoms with Crippen LogP contribution >= 0.6 is 11.6 Å². The molecule has 1 aliphatic rings. The molecule has 7 heteroatoms. The number of nitrogens with one attached hydrogen (secondary N) is 1. The first kappa shape index (κ1) is 17.2. The molecule has 0 saturated carbocycles. The maximum absolute atomic E-state index is 13.0. The molecule has 0 bridgehead atoms. The predicted octanol–water partition coefficient (Wildman–Crippen LogP) is 2.96. The zero-order valence-electron chi connectivity index (χ0n) is 12.7. The minimum atomic E-state index is -2.40. The van der Waals surface area contributed by atoms with E-state index in [4.69, 9.17) is 21.1 Å². The van der Waals surface area contributed by atoms with Crippen LogP contribution in [0.2, 0.25) is 5.02 Å². The first-order valence-corrected chi connectivity index (χ1v) is 7.59. The molecule has 1 fully saturated rings. The number of nitrogens with zero attached hydrogens (tertiary/aromatic N) is 1. The molecule has 1 aromatic carbocycles. The van der Waals surface area contributed by atoms with Crippen molar-refractivity contribution >= 4 is 11.6 Å². The van der Waals surface area contributed by atoms with E-state index in [9.17, 15) is 8.78 Å². The van der Waals surface area contributed by atoms with Gasteiger partial charge < -0.3 is 14.8 Å². The Morgan fingerprint density at radius 2 is 1.91 bits per heavy atom. The lowest BCUT2D eigenvalue weighted by molar-refractivity contribution is 0.0738. The van der Waals surface area contributed by atoms with Crippen LogP contribution in [0.1, 0.15) is 18.0 Å². The Balaban J connectivity index is 2.37. The zero-order valence-corrected chi connectivity index (χ0v) is 13.5. The van der Waals surface area contributed by atoms with Crippen molar-refractivity contribution in [3.05, 3.63) is 22.7 Å². The van der Waals surface area contributed by atoms with Gasteiger partial charge in [0.25, 0.3) is 0 Å². The van der Waals surface area contributed by atoms with Crippen molar-refractivity contribution in [1.29, 1.82) is 0 Å². The quantitative estimate of drug-likeness (QED) is 0.867. The fraction of sp³-hybridized carbons (Fsp3) is 0.600. The Hall–Kier alpha value is -1.11. The van der Waals surface area contributed by atoms with Gasteiger partial charge in [-0.3, -0.25) is 4.90 Å². The third-order valence-corrected chi connectivity index (χ3v) is 4.26. The Kier molecular flexibility index (Phi) is 6.23. The Morgan fingerprint density at radius 1 is 1.23 bits per heavy atom. The van der Waals surface area contributed by atoms with Gasteiger partial charge in [-0.05, 0) is 11.6 Å². The average molecular weight is 335 g/mol. The summed E-state index contributed by atoms with van der Waals surface area (Å²) < 4.78 is 36.6. The SMILES string of the molecule is COc1ccc([C@H](CC(F)F)N2CCNCC2)c(Cl)c1OC. The molecule has 22 heavy (non-hydrogen) atoms. The molecule has 0 spiro atoms. The molecule has 0 amide bonds. The summed E-state index contributed by atoms with van der Waals surface area (Å²) in [6, 6.07) is 3.02. The molecule has 0 radical (unpaired) electrons. The van der Waals surface area contributed by atoms with E-state index in [-0.39, 0.29) is 6.42 Å². The molecule has 4 nitrogen and oxygen atoms in total. The molecule has 0 aliphatic carbocycles. The molecule has 1 aliphatic heterocycles. The lowest BCUT2D eigenvalue weighted by Crippen LogP contribution is -2.45. The van der Waals surface area contributed by atoms with Crippen LogP contribution in [0.15, 0.2) is 12.1 Å². The maximum atomic E-state index is 13.0. The highest BCUT2D eigenvalue weighted by atomic mass is 35.5. The predicted molar refractivity (Wildman–Crippen MR) is 82.4 cm³/mol. The third kappa shape index (κ3) is 3.80. The van der Waals surface area contributed by atoms with Gasteiger partial charge in [0.1, 0.15) is 0 Å². The van der Waals surface area contributed by atoms with Gasteiger partial charge in [-0.1, -0.05) is 17.7 Å². The summed E-state index contributed by atoms with van der Waals surface area (Å²) in [5.74, 6) is 0.878. The summed E-state index contributed by atoms with van der Waals surface area (Å²) in [6.45, 7) is 2.99. The number of piperazine rings is 1. The highest BCUT2D eigenvalue weighted by Gasteiger charge is 2.29. The van der Waals surface area contributed by atoms with Crippen molar-refractivity contribution in [1.82, 2.24) is 10.2 Å². The van der Waals surface area contributed by atoms with Crippen LogP contribution in [0, 0.1) is 0 Å². The first-order valence-electron chi connectivity index (χ1n) is 7.21. The summed E-state index contributed by atoms with van der Waals surface area (Å²) in [7, 11) is 3.00. The third-order valence-electron chi connectivity index (χ3n) is 3.87. The number of methoxy groups -OCH3 is 2. The minimum absolute atomic E-state index is 0.255. The molecule has 1 heterocycles. The number of benzene rings is 1. The van der Waals surface area contributed by atoms with Gasteiger partial charge in [0.15, 0.2) is 11.5 Å². The van der Waals surface area contributed by atoms with E-state index in [1.165, 1.54) is 14.2 Å². The monoisotopic (exact) mass is 334 g/mol. The van der Waals surface area contributed by atoms with Gasteiger partial charge in [-0.25, -0.2) is 8.78 Å². The van der Waals surface area contributed by atoms with E-state index in [1.807, 2.05) is 4.90 Å². The second-order valence-electron chi connectivity index (χ2n) is 5.13. The zero-order chi connectivity index (χ0) is 16.1. The maximum Gasteiger partial charge on any atom is 0.240 e. The van der Waals surface area contributed by atoms with Gasteiger partial charge in [-0.15, -0.1) is 0 Å². The lowest BCUT2D eigenvalue weighted by Gasteiger charge is -2.35. The second kappa shape index (κ2) is 7.94. The number of rotatable bonds is 6. The van der Waals surface area contributed by atoms with E-state index in [0.29, 0.717) is 35.2 Å². The molecule has 1 N–H and O–H groups in total. The number of halogens is 3. The van der Waals surface area contributed by atoms with E-state index in [0.717, 1.165) is 13.1 Å². The fourth-order valence-corrected chi connectivity index (χ4v) is 3.16. The fourth-order valence-electron chi connectivity index (χ4n) is 2.80. The molecule has 2 rings (SSSR count). The van der Waals surface area contributed by atoms with Crippen molar-refractivity contribution in [3.8, 4) is 11.5 Å². The van der Waals surface area contributed by atoms with Crippen LogP contribution in [0.5, 0.6) is 11.5 Å². The molecule has 1 saturated heterocycles. The molecular formula is C15H21ClF2N2O2. The second-order valence-corrected chi connectivity index (χ2v) is 5.51. The van der Waals surface area contributed by atoms with Crippen molar-refractivity contribution in [3.63, 3.8) is 0 Å². The lowest BCUT2D eigenvalue weighted by atomic mass is 10.0. The Labute approximate surface area is 134 Å². The van der Waals surface area contributed by atoms with E-state index >= 15 is 0 Å². The summed E-state index contributed by atoms with van der Waals surface area (Å²) in [5.41, 5.74) is 0.654. The normalized spacial score (nSPS) is 17.5. The molecule has 0 unspecified atom stereocenters. The largest absolute Gasteiger partial charge is 0.493 e. The summed E-state index contributed by atoms with van der Waals surface area (Å²) in [6.07, 6.45) is -2.65. The minimum Gasteiger partial charge on any atom is -0.493 e. The Bertz CT molecular complexity index is 497. The highest BCUT2D eigenvalue weighted by molar-refractivity contribution is 6.33. The molecule has 1 aromatic rings. The van der Waals surface area contributed by atoms with E-state index < -0.39 is 12.5 Å². The van der Waals surface area contributed by atoms with Crippen molar-refractivity contribution in [2.75, 3.05) is 40.4 Å². The van der Waals surface area contributed by atoms with Gasteiger partial charge in [0, 0.05) is 38.6 Å². The molecule has 1 atom stereocenters. The van der Waals surface area contributed by atoms with Crippen molar-refractivity contribution in [2.45, 2.75) is 18.9 Å². The van der Waals surface area contributed by atoms with Gasteiger partial charge >= 0.3 is 0 Å². The topological polar surface area (TPSA) is 33.7 Å². The van der Waals surface area contributed by atoms with Crippen LogP contribution in [-0.2, 0) is 0 Å². The van der Waals surface area contributed by atoms with E-state index in [1.54, 1.807) is 12.1 Å². The van der Waals surface area contributed by atoms with Crippen molar-refractivity contribution in [2.24, 2.45) is 0 Å². The molecule has 124 valence electrons. The average Bonchev–Trinajstić information content (AvgIpc) is 2.53. The summed E-state index contributed by atoms with van der Waals surface area (Å²) in [5, 5.41) is 3.56. The van der Waals surface area contributed by atoms with E-state index in [2.05, 4.69) is 5.32 Å². The van der Waals surface area contributed by atoms with Crippen LogP contribution in [0.4, 0.5) is 8.78 Å². The van der Waals surface area contributed by atoms with Crippen LogP contribution in [-0.4, -0.2) is 51.7 Å². The van der Waals surface area contributed by atoms with Crippen molar-refractivity contribution < 1.29 is 18.3 Å². The smallest absolute Gasteiger partial charge is 0.240 e. The van der Waals surface area contributed by atoms with Crippen LogP contribution in [0.3, 0.4) is 0 Å². The number of ether oxygens (including phenoxy) is 2. The summed E-state index contributed by atoms with van der Waals surface area (Å²) in [4.78, 5) is 2.04. The van der Waals surface area contributed by atoms with Crippen LogP contribution < -0.4 is 14.8 Å². The first-order chi connectivity index (χ1) is 10.6.